The summed E-state index contributed by atoms with van der Waals surface area (Å²) in [5.41, 5.74) is 4.19. The molecule has 0 heterocycles. The summed E-state index contributed by atoms with van der Waals surface area (Å²) in [7, 11) is 0. The van der Waals surface area contributed by atoms with Crippen LogP contribution in [-0.2, 0) is 4.74 Å². The molecule has 2 atom stereocenters. The quantitative estimate of drug-likeness (QED) is 0.779. The summed E-state index contributed by atoms with van der Waals surface area (Å²) >= 11 is 0. The monoisotopic (exact) mass is 291 g/mol. The summed E-state index contributed by atoms with van der Waals surface area (Å²) in [6.45, 7) is 17.2. The lowest BCUT2D eigenvalue weighted by Crippen LogP contribution is -2.42. The highest BCUT2D eigenvalue weighted by atomic mass is 16.5. The van der Waals surface area contributed by atoms with Crippen molar-refractivity contribution in [3.8, 4) is 0 Å². The molecule has 0 amide bonds. The van der Waals surface area contributed by atoms with Gasteiger partial charge < -0.3 is 10.1 Å². The Balaban J connectivity index is 3.22. The Morgan fingerprint density at radius 1 is 1.14 bits per heavy atom. The first-order valence-electron chi connectivity index (χ1n) is 8.24. The third-order valence-electron chi connectivity index (χ3n) is 4.10. The molecule has 0 aliphatic carbocycles. The molecule has 1 rings (SSSR count). The fraction of sp³-hybridized carbons (Fsp3) is 0.684. The van der Waals surface area contributed by atoms with Gasteiger partial charge in [-0.05, 0) is 55.8 Å². The van der Waals surface area contributed by atoms with Crippen LogP contribution < -0.4 is 5.32 Å². The molecule has 0 spiro atoms. The van der Waals surface area contributed by atoms with Gasteiger partial charge in [-0.3, -0.25) is 0 Å². The van der Waals surface area contributed by atoms with Crippen LogP contribution in [0.25, 0.3) is 0 Å². The maximum Gasteiger partial charge on any atom is 0.0817 e. The van der Waals surface area contributed by atoms with Gasteiger partial charge in [-0.25, -0.2) is 0 Å². The summed E-state index contributed by atoms with van der Waals surface area (Å²) in [5, 5.41) is 3.72. The predicted molar refractivity (Wildman–Crippen MR) is 91.8 cm³/mol. The molecule has 2 heteroatoms. The molecule has 0 aromatic heterocycles. The highest BCUT2D eigenvalue weighted by Crippen LogP contribution is 2.34. The molecule has 1 N–H and O–H groups in total. The van der Waals surface area contributed by atoms with E-state index in [1.54, 1.807) is 0 Å². The zero-order valence-corrected chi connectivity index (χ0v) is 14.9. The van der Waals surface area contributed by atoms with Gasteiger partial charge in [0.1, 0.15) is 0 Å². The van der Waals surface area contributed by atoms with Crippen molar-refractivity contribution in [3.05, 3.63) is 34.9 Å². The smallest absolute Gasteiger partial charge is 0.0817 e. The zero-order valence-electron chi connectivity index (χ0n) is 14.9. The van der Waals surface area contributed by atoms with E-state index < -0.39 is 0 Å². The number of aryl methyl sites for hydroxylation is 1. The van der Waals surface area contributed by atoms with Gasteiger partial charge in [0, 0.05) is 6.61 Å². The van der Waals surface area contributed by atoms with E-state index in [-0.39, 0.29) is 17.6 Å². The molecule has 0 aliphatic rings. The third kappa shape index (κ3) is 4.82. The fourth-order valence-corrected chi connectivity index (χ4v) is 2.82. The van der Waals surface area contributed by atoms with Gasteiger partial charge >= 0.3 is 0 Å². The van der Waals surface area contributed by atoms with Crippen molar-refractivity contribution < 1.29 is 4.74 Å². The van der Waals surface area contributed by atoms with Crippen molar-refractivity contribution in [2.45, 2.75) is 67.0 Å². The maximum absolute atomic E-state index is 6.15. The van der Waals surface area contributed by atoms with Crippen molar-refractivity contribution in [2.24, 2.45) is 5.41 Å². The van der Waals surface area contributed by atoms with E-state index in [0.717, 1.165) is 19.6 Å². The van der Waals surface area contributed by atoms with Crippen LogP contribution in [-0.4, -0.2) is 19.3 Å². The van der Waals surface area contributed by atoms with Gasteiger partial charge in [0.05, 0.1) is 12.1 Å². The van der Waals surface area contributed by atoms with E-state index in [1.807, 2.05) is 0 Å². The molecule has 0 aliphatic heterocycles. The second-order valence-corrected chi connectivity index (χ2v) is 6.96. The second kappa shape index (κ2) is 7.95. The van der Waals surface area contributed by atoms with E-state index in [9.17, 15) is 0 Å². The molecule has 0 radical (unpaired) electrons. The number of rotatable bonds is 7. The molecule has 120 valence electrons. The number of benzene rings is 1. The molecule has 1 aromatic rings. The van der Waals surface area contributed by atoms with Gasteiger partial charge in [-0.1, -0.05) is 45.9 Å². The van der Waals surface area contributed by atoms with Gasteiger partial charge in [0.25, 0.3) is 0 Å². The molecule has 0 fully saturated rings. The minimum Gasteiger partial charge on any atom is -0.376 e. The molecule has 0 saturated heterocycles. The lowest BCUT2D eigenvalue weighted by Gasteiger charge is -2.38. The average Bonchev–Trinajstić information content (AvgIpc) is 2.41. The number of nitrogens with one attached hydrogen (secondary N) is 1. The molecule has 0 bridgehead atoms. The Hall–Kier alpha value is -0.860. The molecule has 21 heavy (non-hydrogen) atoms. The maximum atomic E-state index is 6.15. The topological polar surface area (TPSA) is 21.3 Å². The Morgan fingerprint density at radius 2 is 1.81 bits per heavy atom. The van der Waals surface area contributed by atoms with Crippen molar-refractivity contribution in [1.82, 2.24) is 5.32 Å². The van der Waals surface area contributed by atoms with Crippen LogP contribution >= 0.6 is 0 Å². The first kappa shape index (κ1) is 18.2. The summed E-state index contributed by atoms with van der Waals surface area (Å²) in [6, 6.07) is 6.82. The molecule has 0 saturated carbocycles. The lowest BCUT2D eigenvalue weighted by atomic mass is 9.80. The molecule has 1 aromatic carbocycles. The Morgan fingerprint density at radius 3 is 2.33 bits per heavy atom. The highest BCUT2D eigenvalue weighted by Gasteiger charge is 2.34. The molecule has 2 unspecified atom stereocenters. The minimum atomic E-state index is 0.0948. The average molecular weight is 291 g/mol. The van der Waals surface area contributed by atoms with Crippen molar-refractivity contribution in [1.29, 1.82) is 0 Å². The van der Waals surface area contributed by atoms with Crippen LogP contribution in [0.1, 0.15) is 63.8 Å². The van der Waals surface area contributed by atoms with E-state index in [4.69, 9.17) is 4.74 Å². The Kier molecular flexibility index (Phi) is 6.89. The van der Waals surface area contributed by atoms with E-state index in [1.165, 1.54) is 16.7 Å². The van der Waals surface area contributed by atoms with Crippen molar-refractivity contribution in [3.63, 3.8) is 0 Å². The largest absolute Gasteiger partial charge is 0.376 e. The van der Waals surface area contributed by atoms with Crippen LogP contribution in [0.3, 0.4) is 0 Å². The number of hydrogen-bond acceptors (Lipinski definition) is 2. The van der Waals surface area contributed by atoms with Gasteiger partial charge in [-0.15, -0.1) is 0 Å². The predicted octanol–water partition coefficient (Wildman–Crippen LogP) is 4.80. The minimum absolute atomic E-state index is 0.0948. The first-order chi connectivity index (χ1) is 9.82. The first-order valence-corrected chi connectivity index (χ1v) is 8.24. The standard InChI is InChI=1S/C19H33NO/c1-8-13-20-17(18(21-9-2)19(5,6)7)16-12-10-11-14(3)15(16)4/h10-12,17-18,20H,8-9,13H2,1-7H3. The van der Waals surface area contributed by atoms with Gasteiger partial charge in [0.15, 0.2) is 0 Å². The second-order valence-electron chi connectivity index (χ2n) is 6.96. The van der Waals surface area contributed by atoms with Crippen molar-refractivity contribution in [2.75, 3.05) is 13.2 Å². The highest BCUT2D eigenvalue weighted by molar-refractivity contribution is 5.36. The van der Waals surface area contributed by atoms with Crippen LogP contribution in [0.5, 0.6) is 0 Å². The van der Waals surface area contributed by atoms with Crippen molar-refractivity contribution >= 4 is 0 Å². The SMILES string of the molecule is CCCNC(c1cccc(C)c1C)C(OCC)C(C)(C)C. The zero-order chi connectivity index (χ0) is 16.0. The summed E-state index contributed by atoms with van der Waals surface area (Å²) in [4.78, 5) is 0. The fourth-order valence-electron chi connectivity index (χ4n) is 2.82. The summed E-state index contributed by atoms with van der Waals surface area (Å²) in [5.74, 6) is 0. The van der Waals surface area contributed by atoms with E-state index in [2.05, 4.69) is 72.0 Å². The van der Waals surface area contributed by atoms with E-state index >= 15 is 0 Å². The normalized spacial score (nSPS) is 15.0. The number of hydrogen-bond donors (Lipinski definition) is 1. The van der Waals surface area contributed by atoms with Crippen LogP contribution in [0, 0.1) is 19.3 Å². The molecular formula is C19H33NO. The number of ether oxygens (including phenoxy) is 1. The van der Waals surface area contributed by atoms with E-state index in [0.29, 0.717) is 0 Å². The Bertz CT molecular complexity index is 434. The van der Waals surface area contributed by atoms with Crippen LogP contribution in [0.15, 0.2) is 18.2 Å². The summed E-state index contributed by atoms with van der Waals surface area (Å²) < 4.78 is 6.15. The Labute approximate surface area is 131 Å². The lowest BCUT2D eigenvalue weighted by molar-refractivity contribution is -0.0367. The van der Waals surface area contributed by atoms with Crippen LogP contribution in [0.4, 0.5) is 0 Å². The third-order valence-corrected chi connectivity index (χ3v) is 4.10. The molecular weight excluding hydrogens is 258 g/mol. The molecule has 2 nitrogen and oxygen atoms in total. The van der Waals surface area contributed by atoms with Gasteiger partial charge in [-0.2, -0.15) is 0 Å². The van der Waals surface area contributed by atoms with Gasteiger partial charge in [0.2, 0.25) is 0 Å². The van der Waals surface area contributed by atoms with Crippen LogP contribution in [0.2, 0.25) is 0 Å². The summed E-state index contributed by atoms with van der Waals surface area (Å²) in [6.07, 6.45) is 1.29.